The molecule has 0 fully saturated rings. The highest BCUT2D eigenvalue weighted by Crippen LogP contribution is 2.39. The molecular weight excluding hydrogens is 681 g/mol. The summed E-state index contributed by atoms with van der Waals surface area (Å²) >= 11 is 0. The van der Waals surface area contributed by atoms with Crippen LogP contribution in [0.1, 0.15) is 0 Å². The Morgan fingerprint density at radius 3 is 1.79 bits per heavy atom. The van der Waals surface area contributed by atoms with Crippen LogP contribution in [0.4, 0.5) is 0 Å². The van der Waals surface area contributed by atoms with Gasteiger partial charge in [-0.2, -0.15) is 0 Å². The standard InChI is InChI=1S/C52H34N4/c1-4-13-36(14-5-1)47-34-48(54-52(53-47)37-15-6-2-7-16-37)40-18-12-17-38(31-40)35-23-26-43(27-24-35)56-49-22-11-10-21-44(49)45-28-25-39-32-41-29-30-55(42-19-8-3-9-20-42)50(41)33-46(39)51(45)56/h1-34H. The molecule has 0 atom stereocenters. The molecule has 0 amide bonds. The first-order chi connectivity index (χ1) is 27.7. The van der Waals surface area contributed by atoms with Gasteiger partial charge in [0.25, 0.3) is 0 Å². The Kier molecular flexibility index (Phi) is 7.46. The second-order valence-electron chi connectivity index (χ2n) is 14.3. The molecule has 11 aromatic rings. The van der Waals surface area contributed by atoms with E-state index < -0.39 is 0 Å². The highest BCUT2D eigenvalue weighted by Gasteiger charge is 2.17. The predicted molar refractivity (Wildman–Crippen MR) is 232 cm³/mol. The molecule has 0 saturated heterocycles. The third-order valence-corrected chi connectivity index (χ3v) is 10.9. The van der Waals surface area contributed by atoms with E-state index in [2.05, 4.69) is 179 Å². The van der Waals surface area contributed by atoms with Gasteiger partial charge in [-0.15, -0.1) is 0 Å². The lowest BCUT2D eigenvalue weighted by atomic mass is 10.00. The third kappa shape index (κ3) is 5.39. The molecule has 0 saturated carbocycles. The predicted octanol–water partition coefficient (Wildman–Crippen LogP) is 13.3. The van der Waals surface area contributed by atoms with Gasteiger partial charge in [-0.25, -0.2) is 9.97 Å². The Labute approximate surface area is 324 Å². The van der Waals surface area contributed by atoms with E-state index in [1.165, 1.54) is 43.5 Å². The van der Waals surface area contributed by atoms with Crippen molar-refractivity contribution in [1.29, 1.82) is 0 Å². The molecule has 0 aliphatic rings. The molecule has 8 aromatic carbocycles. The fourth-order valence-corrected chi connectivity index (χ4v) is 8.23. The van der Waals surface area contributed by atoms with E-state index in [-0.39, 0.29) is 0 Å². The number of para-hydroxylation sites is 2. The fraction of sp³-hybridized carbons (Fsp3) is 0. The molecule has 0 aliphatic carbocycles. The van der Waals surface area contributed by atoms with Crippen LogP contribution in [-0.2, 0) is 0 Å². The maximum Gasteiger partial charge on any atom is 0.160 e. The van der Waals surface area contributed by atoms with E-state index >= 15 is 0 Å². The number of benzene rings is 8. The molecule has 3 aromatic heterocycles. The van der Waals surface area contributed by atoms with Crippen molar-refractivity contribution < 1.29 is 0 Å². The SMILES string of the molecule is c1ccc(-c2cc(-c3cccc(-c4ccc(-n5c6ccccc6c6ccc7cc8ccn(-c9ccccc9)c8cc7c65)cc4)c3)nc(-c3ccccc3)n2)cc1. The van der Waals surface area contributed by atoms with Gasteiger partial charge in [-0.05, 0) is 77.2 Å². The molecular formula is C52H34N4. The average Bonchev–Trinajstić information content (AvgIpc) is 3.85. The number of nitrogens with zero attached hydrogens (tertiary/aromatic N) is 4. The van der Waals surface area contributed by atoms with Crippen LogP contribution in [0, 0.1) is 0 Å². The molecule has 262 valence electrons. The summed E-state index contributed by atoms with van der Waals surface area (Å²) in [4.78, 5) is 10.1. The Balaban J connectivity index is 1.03. The zero-order valence-electron chi connectivity index (χ0n) is 30.4. The van der Waals surface area contributed by atoms with Crippen molar-refractivity contribution in [3.63, 3.8) is 0 Å². The number of hydrogen-bond acceptors (Lipinski definition) is 2. The van der Waals surface area contributed by atoms with Crippen molar-refractivity contribution >= 4 is 43.5 Å². The molecule has 4 nitrogen and oxygen atoms in total. The van der Waals surface area contributed by atoms with Crippen LogP contribution in [-0.4, -0.2) is 19.1 Å². The highest BCUT2D eigenvalue weighted by molar-refractivity contribution is 6.20. The number of aromatic nitrogens is 4. The van der Waals surface area contributed by atoms with Crippen LogP contribution in [0.25, 0.3) is 99.9 Å². The molecule has 56 heavy (non-hydrogen) atoms. The zero-order chi connectivity index (χ0) is 37.0. The van der Waals surface area contributed by atoms with Gasteiger partial charge in [0.1, 0.15) is 0 Å². The first kappa shape index (κ1) is 31.9. The normalized spacial score (nSPS) is 11.6. The number of hydrogen-bond donors (Lipinski definition) is 0. The maximum atomic E-state index is 5.09. The van der Waals surface area contributed by atoms with Gasteiger partial charge in [-0.1, -0.05) is 140 Å². The molecule has 0 N–H and O–H groups in total. The Hall–Kier alpha value is -7.56. The second kappa shape index (κ2) is 13.1. The molecule has 4 heteroatoms. The van der Waals surface area contributed by atoms with Gasteiger partial charge < -0.3 is 9.13 Å². The number of rotatable bonds is 6. The largest absolute Gasteiger partial charge is 0.317 e. The summed E-state index contributed by atoms with van der Waals surface area (Å²) in [7, 11) is 0. The first-order valence-electron chi connectivity index (χ1n) is 19.0. The first-order valence-corrected chi connectivity index (χ1v) is 19.0. The third-order valence-electron chi connectivity index (χ3n) is 10.9. The molecule has 11 rings (SSSR count). The molecule has 0 spiro atoms. The molecule has 0 unspecified atom stereocenters. The quantitative estimate of drug-likeness (QED) is 0.172. The van der Waals surface area contributed by atoms with Crippen LogP contribution >= 0.6 is 0 Å². The van der Waals surface area contributed by atoms with Crippen molar-refractivity contribution in [2.75, 3.05) is 0 Å². The maximum absolute atomic E-state index is 5.09. The lowest BCUT2D eigenvalue weighted by Crippen LogP contribution is -1.96. The summed E-state index contributed by atoms with van der Waals surface area (Å²) in [5.41, 5.74) is 13.0. The van der Waals surface area contributed by atoms with Crippen LogP contribution in [0.2, 0.25) is 0 Å². The summed E-state index contributed by atoms with van der Waals surface area (Å²) in [5, 5.41) is 6.17. The zero-order valence-corrected chi connectivity index (χ0v) is 30.4. The van der Waals surface area contributed by atoms with E-state index in [1.807, 2.05) is 36.4 Å². The summed E-state index contributed by atoms with van der Waals surface area (Å²) in [6, 6.07) is 71.1. The molecule has 0 radical (unpaired) electrons. The minimum absolute atomic E-state index is 0.712. The van der Waals surface area contributed by atoms with Gasteiger partial charge in [0, 0.05) is 55.8 Å². The number of fused-ring (bicyclic) bond motifs is 6. The van der Waals surface area contributed by atoms with Crippen molar-refractivity contribution in [3.05, 3.63) is 206 Å². The molecule has 3 heterocycles. The second-order valence-corrected chi connectivity index (χ2v) is 14.3. The minimum atomic E-state index is 0.712. The van der Waals surface area contributed by atoms with Crippen LogP contribution < -0.4 is 0 Å². The van der Waals surface area contributed by atoms with E-state index in [0.717, 1.165) is 50.6 Å². The van der Waals surface area contributed by atoms with Gasteiger partial charge in [-0.3, -0.25) is 0 Å². The van der Waals surface area contributed by atoms with Crippen LogP contribution in [0.5, 0.6) is 0 Å². The summed E-state index contributed by atoms with van der Waals surface area (Å²) in [5.74, 6) is 0.712. The van der Waals surface area contributed by atoms with Crippen LogP contribution in [0.3, 0.4) is 0 Å². The summed E-state index contributed by atoms with van der Waals surface area (Å²) < 4.78 is 4.72. The van der Waals surface area contributed by atoms with E-state index in [9.17, 15) is 0 Å². The minimum Gasteiger partial charge on any atom is -0.317 e. The highest BCUT2D eigenvalue weighted by atomic mass is 15.0. The monoisotopic (exact) mass is 714 g/mol. The lowest BCUT2D eigenvalue weighted by molar-refractivity contribution is 1.13. The average molecular weight is 715 g/mol. The van der Waals surface area contributed by atoms with Gasteiger partial charge in [0.05, 0.1) is 27.9 Å². The molecule has 0 aliphatic heterocycles. The van der Waals surface area contributed by atoms with E-state index in [1.54, 1.807) is 0 Å². The van der Waals surface area contributed by atoms with Crippen molar-refractivity contribution in [1.82, 2.24) is 19.1 Å². The van der Waals surface area contributed by atoms with Gasteiger partial charge in [0.15, 0.2) is 5.82 Å². The topological polar surface area (TPSA) is 35.6 Å². The van der Waals surface area contributed by atoms with Gasteiger partial charge >= 0.3 is 0 Å². The Morgan fingerprint density at radius 1 is 0.339 bits per heavy atom. The Morgan fingerprint density at radius 2 is 1.00 bits per heavy atom. The lowest BCUT2D eigenvalue weighted by Gasteiger charge is -2.13. The summed E-state index contributed by atoms with van der Waals surface area (Å²) in [6.45, 7) is 0. The van der Waals surface area contributed by atoms with Crippen molar-refractivity contribution in [2.24, 2.45) is 0 Å². The fourth-order valence-electron chi connectivity index (χ4n) is 8.23. The Bertz CT molecular complexity index is 3160. The van der Waals surface area contributed by atoms with Crippen LogP contribution in [0.15, 0.2) is 206 Å². The van der Waals surface area contributed by atoms with Crippen molar-refractivity contribution in [3.8, 4) is 56.4 Å². The van der Waals surface area contributed by atoms with Gasteiger partial charge in [0.2, 0.25) is 0 Å². The van der Waals surface area contributed by atoms with E-state index in [4.69, 9.17) is 9.97 Å². The smallest absolute Gasteiger partial charge is 0.160 e. The van der Waals surface area contributed by atoms with E-state index in [0.29, 0.717) is 5.82 Å². The van der Waals surface area contributed by atoms with Crippen molar-refractivity contribution in [2.45, 2.75) is 0 Å². The summed E-state index contributed by atoms with van der Waals surface area (Å²) in [6.07, 6.45) is 2.18. The molecule has 0 bridgehead atoms.